The average molecular weight is 442 g/mol. The molecule has 0 saturated carbocycles. The van der Waals surface area contributed by atoms with Crippen molar-refractivity contribution < 1.29 is 18.8 Å². The summed E-state index contributed by atoms with van der Waals surface area (Å²) < 4.78 is 10.6. The molecule has 1 saturated heterocycles. The van der Waals surface area contributed by atoms with Gasteiger partial charge in [-0.3, -0.25) is 14.9 Å². The first-order valence-corrected chi connectivity index (χ1v) is 10.8. The molecule has 1 N–H and O–H groups in total. The number of carbonyl (C=O) groups excluding carboxylic acids is 2. The van der Waals surface area contributed by atoms with Crippen molar-refractivity contribution in [2.24, 2.45) is 0 Å². The van der Waals surface area contributed by atoms with E-state index >= 15 is 0 Å². The summed E-state index contributed by atoms with van der Waals surface area (Å²) in [6.45, 7) is 2.30. The lowest BCUT2D eigenvalue weighted by molar-refractivity contribution is -0.141. The van der Waals surface area contributed by atoms with E-state index in [1.807, 2.05) is 36.4 Å². The molecule has 31 heavy (non-hydrogen) atoms. The van der Waals surface area contributed by atoms with Crippen LogP contribution in [0.15, 0.2) is 40.9 Å². The van der Waals surface area contributed by atoms with Gasteiger partial charge in [-0.15, -0.1) is 10.2 Å². The van der Waals surface area contributed by atoms with E-state index < -0.39 is 5.54 Å². The van der Waals surface area contributed by atoms with E-state index in [9.17, 15) is 9.59 Å². The number of nitrogens with one attached hydrogen (secondary N) is 1. The quantitative estimate of drug-likeness (QED) is 0.600. The molecule has 2 amide bonds. The summed E-state index contributed by atoms with van der Waals surface area (Å²) in [5.41, 5.74) is 0.532. The highest BCUT2D eigenvalue weighted by atomic mass is 32.1. The van der Waals surface area contributed by atoms with Crippen LogP contribution in [0.4, 0.5) is 5.13 Å². The number of carbonyl (C=O) groups is 2. The highest BCUT2D eigenvalue weighted by molar-refractivity contribution is 7.15. The molecule has 0 bridgehead atoms. The SMILES string of the molecule is COCc1nnc(NC(=O)[C@@]2(Cc3cc(-c4ccccc4)no3)CCCN2C(C)=O)s1. The second-order valence-corrected chi connectivity index (χ2v) is 8.48. The molecular weight excluding hydrogens is 418 g/mol. The Bertz CT molecular complexity index is 1070. The van der Waals surface area contributed by atoms with Crippen LogP contribution in [-0.2, 0) is 27.4 Å². The van der Waals surface area contributed by atoms with Crippen molar-refractivity contribution >= 4 is 28.3 Å². The normalized spacial score (nSPS) is 18.3. The number of benzene rings is 1. The number of anilines is 1. The third-order valence-corrected chi connectivity index (χ3v) is 6.15. The smallest absolute Gasteiger partial charge is 0.252 e. The number of nitrogens with zero attached hydrogens (tertiary/aromatic N) is 4. The second-order valence-electron chi connectivity index (χ2n) is 7.42. The lowest BCUT2D eigenvalue weighted by Gasteiger charge is -2.35. The molecule has 0 spiro atoms. The van der Waals surface area contributed by atoms with Crippen LogP contribution in [-0.4, -0.2) is 51.3 Å². The van der Waals surface area contributed by atoms with E-state index in [0.717, 1.165) is 12.0 Å². The molecule has 0 aliphatic carbocycles. The summed E-state index contributed by atoms with van der Waals surface area (Å²) in [6.07, 6.45) is 1.46. The highest BCUT2D eigenvalue weighted by Gasteiger charge is 2.50. The first-order valence-electron chi connectivity index (χ1n) is 9.94. The minimum atomic E-state index is -1.08. The fourth-order valence-corrected chi connectivity index (χ4v) is 4.67. The minimum absolute atomic E-state index is 0.159. The van der Waals surface area contributed by atoms with E-state index in [2.05, 4.69) is 20.7 Å². The maximum Gasteiger partial charge on any atom is 0.252 e. The Kier molecular flexibility index (Phi) is 6.10. The number of hydrogen-bond acceptors (Lipinski definition) is 8. The maximum absolute atomic E-state index is 13.4. The van der Waals surface area contributed by atoms with Gasteiger partial charge in [-0.2, -0.15) is 0 Å². The Balaban J connectivity index is 1.60. The van der Waals surface area contributed by atoms with Crippen molar-refractivity contribution in [1.29, 1.82) is 0 Å². The van der Waals surface area contributed by atoms with Gasteiger partial charge in [0.25, 0.3) is 5.91 Å². The van der Waals surface area contributed by atoms with Gasteiger partial charge in [0.15, 0.2) is 0 Å². The van der Waals surface area contributed by atoms with Crippen LogP contribution in [0.1, 0.15) is 30.5 Å². The zero-order chi connectivity index (χ0) is 21.8. The summed E-state index contributed by atoms with van der Waals surface area (Å²) in [6, 6.07) is 11.5. The Morgan fingerprint density at radius 3 is 2.84 bits per heavy atom. The van der Waals surface area contributed by atoms with Crippen molar-refractivity contribution in [3.63, 3.8) is 0 Å². The lowest BCUT2D eigenvalue weighted by Crippen LogP contribution is -2.56. The second kappa shape index (κ2) is 8.94. The third-order valence-electron chi connectivity index (χ3n) is 5.34. The summed E-state index contributed by atoms with van der Waals surface area (Å²) in [4.78, 5) is 27.4. The summed E-state index contributed by atoms with van der Waals surface area (Å²) >= 11 is 1.24. The summed E-state index contributed by atoms with van der Waals surface area (Å²) in [5.74, 6) is 0.0743. The van der Waals surface area contributed by atoms with Crippen LogP contribution in [0, 0.1) is 0 Å². The van der Waals surface area contributed by atoms with Gasteiger partial charge in [0.2, 0.25) is 11.0 Å². The standard InChI is InChI=1S/C21H23N5O4S/c1-14(27)26-10-6-9-21(26,19(28)22-20-24-23-18(31-20)13-29-2)12-16-11-17(25-30-16)15-7-4-3-5-8-15/h3-5,7-8,11H,6,9-10,12-13H2,1-2H3,(H,22,24,28)/t21-/m0/s1. The molecule has 4 rings (SSSR count). The molecule has 10 heteroatoms. The Labute approximate surface area is 183 Å². The van der Waals surface area contributed by atoms with Gasteiger partial charge in [-0.05, 0) is 12.8 Å². The van der Waals surface area contributed by atoms with Crippen LogP contribution in [0.3, 0.4) is 0 Å². The first-order chi connectivity index (χ1) is 15.0. The lowest BCUT2D eigenvalue weighted by atomic mass is 9.89. The third kappa shape index (κ3) is 4.35. The Hall–Kier alpha value is -3.11. The van der Waals surface area contributed by atoms with Crippen LogP contribution in [0.25, 0.3) is 11.3 Å². The molecule has 3 heterocycles. The number of likely N-dealkylation sites (tertiary alicyclic amines) is 1. The monoisotopic (exact) mass is 441 g/mol. The van der Waals surface area contributed by atoms with Crippen molar-refractivity contribution in [3.05, 3.63) is 47.2 Å². The van der Waals surface area contributed by atoms with Gasteiger partial charge >= 0.3 is 0 Å². The predicted molar refractivity (Wildman–Crippen MR) is 114 cm³/mol. The Morgan fingerprint density at radius 2 is 2.10 bits per heavy atom. The molecular formula is C21H23N5O4S. The molecule has 3 aromatic rings. The predicted octanol–water partition coefficient (Wildman–Crippen LogP) is 2.90. The van der Waals surface area contributed by atoms with Crippen LogP contribution in [0.2, 0.25) is 0 Å². The van der Waals surface area contributed by atoms with Crippen molar-refractivity contribution in [2.75, 3.05) is 19.0 Å². The molecule has 1 aliphatic rings. The van der Waals surface area contributed by atoms with E-state index in [0.29, 0.717) is 41.2 Å². The summed E-state index contributed by atoms with van der Waals surface area (Å²) in [7, 11) is 1.57. The van der Waals surface area contributed by atoms with E-state index in [1.165, 1.54) is 18.3 Å². The summed E-state index contributed by atoms with van der Waals surface area (Å²) in [5, 5.41) is 16.0. The number of ether oxygens (including phenoxy) is 1. The molecule has 0 unspecified atom stereocenters. The number of aromatic nitrogens is 3. The zero-order valence-electron chi connectivity index (χ0n) is 17.3. The minimum Gasteiger partial charge on any atom is -0.377 e. The van der Waals surface area contributed by atoms with Crippen molar-refractivity contribution in [3.8, 4) is 11.3 Å². The van der Waals surface area contributed by atoms with Crippen LogP contribution < -0.4 is 5.32 Å². The first kappa shape index (κ1) is 21.1. The molecule has 9 nitrogen and oxygen atoms in total. The molecule has 1 atom stereocenters. The molecule has 1 fully saturated rings. The molecule has 162 valence electrons. The largest absolute Gasteiger partial charge is 0.377 e. The highest BCUT2D eigenvalue weighted by Crippen LogP contribution is 2.35. The molecule has 1 aromatic carbocycles. The van der Waals surface area contributed by atoms with Crippen molar-refractivity contribution in [1.82, 2.24) is 20.3 Å². The van der Waals surface area contributed by atoms with Crippen LogP contribution >= 0.6 is 11.3 Å². The maximum atomic E-state index is 13.4. The van der Waals surface area contributed by atoms with Gasteiger partial charge < -0.3 is 14.2 Å². The Morgan fingerprint density at radius 1 is 1.29 bits per heavy atom. The number of methoxy groups -OCH3 is 1. The number of amides is 2. The van der Waals surface area contributed by atoms with E-state index in [-0.39, 0.29) is 18.2 Å². The fourth-order valence-electron chi connectivity index (χ4n) is 3.97. The number of hydrogen-bond donors (Lipinski definition) is 1. The van der Waals surface area contributed by atoms with Crippen molar-refractivity contribution in [2.45, 2.75) is 38.3 Å². The zero-order valence-corrected chi connectivity index (χ0v) is 18.1. The molecule has 1 aliphatic heterocycles. The van der Waals surface area contributed by atoms with E-state index in [1.54, 1.807) is 12.0 Å². The average Bonchev–Trinajstić information content (AvgIpc) is 3.50. The number of rotatable bonds is 7. The van der Waals surface area contributed by atoms with Gasteiger partial charge in [0, 0.05) is 38.6 Å². The fraction of sp³-hybridized carbons (Fsp3) is 0.381. The molecule has 2 aromatic heterocycles. The van der Waals surface area contributed by atoms with Gasteiger partial charge in [0.1, 0.15) is 28.6 Å². The van der Waals surface area contributed by atoms with E-state index in [4.69, 9.17) is 9.26 Å². The van der Waals surface area contributed by atoms with Gasteiger partial charge in [-0.25, -0.2) is 0 Å². The molecule has 0 radical (unpaired) electrons. The van der Waals surface area contributed by atoms with Crippen LogP contribution in [0.5, 0.6) is 0 Å². The van der Waals surface area contributed by atoms with Gasteiger partial charge in [0.05, 0.1) is 0 Å². The van der Waals surface area contributed by atoms with Gasteiger partial charge in [-0.1, -0.05) is 46.8 Å². The topological polar surface area (TPSA) is 110 Å².